The van der Waals surface area contributed by atoms with E-state index in [0.717, 1.165) is 38.8 Å². The number of unbranched alkanes of at least 4 members (excludes halogenated alkanes) is 2. The molecule has 0 bridgehead atoms. The van der Waals surface area contributed by atoms with E-state index in [1.165, 1.54) is 0 Å². The maximum atomic E-state index is 12.5. The van der Waals surface area contributed by atoms with Crippen LogP contribution in [-0.4, -0.2) is 43.3 Å². The topological polar surface area (TPSA) is 41.6 Å². The Bertz CT molecular complexity index is 292. The van der Waals surface area contributed by atoms with Crippen LogP contribution >= 0.6 is 0 Å². The Labute approximate surface area is 124 Å². The highest BCUT2D eigenvalue weighted by Crippen LogP contribution is 2.22. The van der Waals surface area contributed by atoms with Crippen LogP contribution in [-0.2, 0) is 9.53 Å². The third-order valence-electron chi connectivity index (χ3n) is 3.87. The van der Waals surface area contributed by atoms with Crippen LogP contribution in [0.3, 0.4) is 0 Å². The van der Waals surface area contributed by atoms with E-state index in [1.54, 1.807) is 7.11 Å². The lowest BCUT2D eigenvalue weighted by atomic mass is 10.0. The zero-order valence-corrected chi connectivity index (χ0v) is 13.8. The zero-order valence-electron chi connectivity index (χ0n) is 13.8. The highest BCUT2D eigenvalue weighted by Gasteiger charge is 2.39. The molecule has 1 aliphatic heterocycles. The van der Waals surface area contributed by atoms with Crippen molar-refractivity contribution in [3.8, 4) is 0 Å². The maximum Gasteiger partial charge on any atom is 0.241 e. The second-order valence-corrected chi connectivity index (χ2v) is 6.62. The predicted molar refractivity (Wildman–Crippen MR) is 82.4 cm³/mol. The number of carbonyl (C=O) groups is 1. The summed E-state index contributed by atoms with van der Waals surface area (Å²) in [5.74, 6) is 1.30. The van der Waals surface area contributed by atoms with Gasteiger partial charge in [-0.15, -0.1) is 0 Å². The molecule has 1 amide bonds. The van der Waals surface area contributed by atoms with Crippen molar-refractivity contribution in [2.24, 2.45) is 11.8 Å². The number of carbonyl (C=O) groups excluding carboxylic acids is 1. The number of hydrogen-bond acceptors (Lipinski definition) is 3. The van der Waals surface area contributed by atoms with Gasteiger partial charge >= 0.3 is 0 Å². The Morgan fingerprint density at radius 3 is 2.45 bits per heavy atom. The largest absolute Gasteiger partial charge is 0.385 e. The Morgan fingerprint density at radius 2 is 1.90 bits per heavy atom. The third kappa shape index (κ3) is 5.06. The second kappa shape index (κ2) is 8.63. The van der Waals surface area contributed by atoms with Gasteiger partial charge in [-0.25, -0.2) is 0 Å². The molecule has 1 aliphatic rings. The van der Waals surface area contributed by atoms with E-state index in [0.29, 0.717) is 17.7 Å². The van der Waals surface area contributed by atoms with Crippen molar-refractivity contribution < 1.29 is 9.53 Å². The van der Waals surface area contributed by atoms with Gasteiger partial charge in [-0.2, -0.15) is 0 Å². The molecule has 1 rings (SSSR count). The van der Waals surface area contributed by atoms with Crippen LogP contribution in [0, 0.1) is 11.8 Å². The number of hydrogen-bond donors (Lipinski definition) is 1. The average Bonchev–Trinajstić information content (AvgIpc) is 2.67. The van der Waals surface area contributed by atoms with Crippen LogP contribution in [0.4, 0.5) is 0 Å². The van der Waals surface area contributed by atoms with Crippen molar-refractivity contribution >= 4 is 5.91 Å². The minimum atomic E-state index is 0.0152. The molecular weight excluding hydrogens is 252 g/mol. The molecule has 1 heterocycles. The fourth-order valence-corrected chi connectivity index (χ4v) is 2.85. The molecule has 1 fully saturated rings. The normalized spacial score (nSPS) is 23.4. The highest BCUT2D eigenvalue weighted by atomic mass is 16.5. The molecule has 0 spiro atoms. The fourth-order valence-electron chi connectivity index (χ4n) is 2.85. The Hall–Kier alpha value is -0.610. The van der Waals surface area contributed by atoms with Crippen LogP contribution in [0.1, 0.15) is 53.4 Å². The minimum Gasteiger partial charge on any atom is -0.385 e. The number of nitrogens with one attached hydrogen (secondary N) is 1. The van der Waals surface area contributed by atoms with Crippen molar-refractivity contribution in [2.45, 2.75) is 65.6 Å². The molecule has 2 unspecified atom stereocenters. The van der Waals surface area contributed by atoms with Gasteiger partial charge in [0.15, 0.2) is 0 Å². The Balaban J connectivity index is 2.49. The van der Waals surface area contributed by atoms with Gasteiger partial charge < -0.3 is 9.64 Å². The van der Waals surface area contributed by atoms with E-state index in [4.69, 9.17) is 4.74 Å². The third-order valence-corrected chi connectivity index (χ3v) is 3.87. The summed E-state index contributed by atoms with van der Waals surface area (Å²) in [6.45, 7) is 10.4. The number of amides is 1. The smallest absolute Gasteiger partial charge is 0.241 e. The van der Waals surface area contributed by atoms with E-state index < -0.39 is 0 Å². The minimum absolute atomic E-state index is 0.0152. The molecule has 4 nitrogen and oxygen atoms in total. The standard InChI is InChI=1S/C16H32N2O2/c1-12(2)11-14-16(19)18(15(17-14)13(3)4)9-7-6-8-10-20-5/h12-15,17H,6-11H2,1-5H3. The first-order valence-electron chi connectivity index (χ1n) is 8.02. The molecular formula is C16H32N2O2. The monoisotopic (exact) mass is 284 g/mol. The van der Waals surface area contributed by atoms with Crippen molar-refractivity contribution in [2.75, 3.05) is 20.3 Å². The van der Waals surface area contributed by atoms with Crippen LogP contribution in [0.5, 0.6) is 0 Å². The lowest BCUT2D eigenvalue weighted by Gasteiger charge is -2.27. The zero-order chi connectivity index (χ0) is 15.1. The number of ether oxygens (including phenoxy) is 1. The molecule has 0 aromatic rings. The SMILES string of the molecule is COCCCCCN1C(=O)C(CC(C)C)NC1C(C)C. The summed E-state index contributed by atoms with van der Waals surface area (Å²) in [7, 11) is 1.74. The first-order chi connectivity index (χ1) is 9.47. The lowest BCUT2D eigenvalue weighted by molar-refractivity contribution is -0.130. The van der Waals surface area contributed by atoms with Gasteiger partial charge in [-0.05, 0) is 37.5 Å². The van der Waals surface area contributed by atoms with Crippen molar-refractivity contribution in [3.05, 3.63) is 0 Å². The van der Waals surface area contributed by atoms with Gasteiger partial charge in [0.25, 0.3) is 0 Å². The number of nitrogens with zero attached hydrogens (tertiary/aromatic N) is 1. The van der Waals surface area contributed by atoms with Gasteiger partial charge in [0.05, 0.1) is 12.2 Å². The quantitative estimate of drug-likeness (QED) is 0.662. The van der Waals surface area contributed by atoms with Crippen LogP contribution in [0.15, 0.2) is 0 Å². The average molecular weight is 284 g/mol. The summed E-state index contributed by atoms with van der Waals surface area (Å²) in [5.41, 5.74) is 0. The van der Waals surface area contributed by atoms with E-state index in [9.17, 15) is 4.79 Å². The fraction of sp³-hybridized carbons (Fsp3) is 0.938. The van der Waals surface area contributed by atoms with Crippen molar-refractivity contribution in [3.63, 3.8) is 0 Å². The molecule has 4 heteroatoms. The van der Waals surface area contributed by atoms with Gasteiger partial charge in [-0.3, -0.25) is 10.1 Å². The van der Waals surface area contributed by atoms with Gasteiger partial charge in [0.1, 0.15) is 0 Å². The first-order valence-corrected chi connectivity index (χ1v) is 8.02. The summed E-state index contributed by atoms with van der Waals surface area (Å²) < 4.78 is 5.06. The summed E-state index contributed by atoms with van der Waals surface area (Å²) in [4.78, 5) is 14.6. The van der Waals surface area contributed by atoms with Crippen molar-refractivity contribution in [1.29, 1.82) is 0 Å². The molecule has 0 saturated carbocycles. The maximum absolute atomic E-state index is 12.5. The second-order valence-electron chi connectivity index (χ2n) is 6.62. The summed E-state index contributed by atoms with van der Waals surface area (Å²) in [6, 6.07) is 0.0152. The molecule has 20 heavy (non-hydrogen) atoms. The molecule has 1 saturated heterocycles. The van der Waals surface area contributed by atoms with E-state index in [-0.39, 0.29) is 12.2 Å². The van der Waals surface area contributed by atoms with E-state index in [2.05, 4.69) is 37.9 Å². The lowest BCUT2D eigenvalue weighted by Crippen LogP contribution is -2.42. The molecule has 0 aromatic carbocycles. The Morgan fingerprint density at radius 1 is 1.20 bits per heavy atom. The summed E-state index contributed by atoms with van der Waals surface area (Å²) in [5, 5.41) is 3.53. The van der Waals surface area contributed by atoms with Crippen molar-refractivity contribution in [1.82, 2.24) is 10.2 Å². The number of methoxy groups -OCH3 is 1. The van der Waals surface area contributed by atoms with Gasteiger partial charge in [0, 0.05) is 20.3 Å². The molecule has 0 radical (unpaired) electrons. The van der Waals surface area contributed by atoms with Crippen LogP contribution < -0.4 is 5.32 Å². The first kappa shape index (κ1) is 17.4. The Kier molecular flexibility index (Phi) is 7.52. The summed E-state index contributed by atoms with van der Waals surface area (Å²) >= 11 is 0. The van der Waals surface area contributed by atoms with Gasteiger partial charge in [-0.1, -0.05) is 27.7 Å². The van der Waals surface area contributed by atoms with E-state index >= 15 is 0 Å². The molecule has 2 atom stereocenters. The molecule has 1 N–H and O–H groups in total. The highest BCUT2D eigenvalue weighted by molar-refractivity contribution is 5.84. The van der Waals surface area contributed by atoms with E-state index in [1.807, 2.05) is 0 Å². The molecule has 0 aromatic heterocycles. The van der Waals surface area contributed by atoms with Gasteiger partial charge in [0.2, 0.25) is 5.91 Å². The summed E-state index contributed by atoms with van der Waals surface area (Å²) in [6.07, 6.45) is 4.40. The van der Waals surface area contributed by atoms with Crippen LogP contribution in [0.25, 0.3) is 0 Å². The number of rotatable bonds is 9. The predicted octanol–water partition coefficient (Wildman–Crippen LogP) is 2.63. The molecule has 118 valence electrons. The molecule has 0 aliphatic carbocycles. The van der Waals surface area contributed by atoms with Crippen LogP contribution in [0.2, 0.25) is 0 Å².